The highest BCUT2D eigenvalue weighted by atomic mass is 35.5. The second-order valence-electron chi connectivity index (χ2n) is 8.74. The van der Waals surface area contributed by atoms with Gasteiger partial charge < -0.3 is 20.9 Å². The normalized spacial score (nSPS) is 15.9. The van der Waals surface area contributed by atoms with Crippen molar-refractivity contribution in [2.45, 2.75) is 58.7 Å². The molecule has 3 rings (SSSR count). The maximum atomic E-state index is 12.6. The minimum absolute atomic E-state index is 0.0117. The van der Waals surface area contributed by atoms with Gasteiger partial charge in [-0.3, -0.25) is 9.59 Å². The molecule has 0 aliphatic carbocycles. The van der Waals surface area contributed by atoms with E-state index in [0.29, 0.717) is 35.5 Å². The Morgan fingerprint density at radius 1 is 1.36 bits per heavy atom. The van der Waals surface area contributed by atoms with Crippen LogP contribution in [0, 0.1) is 13.8 Å². The molecule has 0 radical (unpaired) electrons. The molecule has 0 saturated carbocycles. The van der Waals surface area contributed by atoms with Crippen LogP contribution in [0.3, 0.4) is 0 Å². The summed E-state index contributed by atoms with van der Waals surface area (Å²) in [5.41, 5.74) is 8.93. The van der Waals surface area contributed by atoms with Gasteiger partial charge in [-0.05, 0) is 74.1 Å². The molecule has 2 aromatic rings. The van der Waals surface area contributed by atoms with Crippen LogP contribution in [-0.4, -0.2) is 64.9 Å². The van der Waals surface area contributed by atoms with Gasteiger partial charge in [0, 0.05) is 38.3 Å². The maximum absolute atomic E-state index is 12.6. The molecule has 7 nitrogen and oxygen atoms in total. The minimum atomic E-state index is -0.107. The molecular formula is C24H34ClN5O2S. The molecule has 3 N–H and O–H groups in total. The number of amides is 2. The SMILES string of the molecule is Cc1cc(Cl)nc(C)c1C(=O)NCC[C@@H](C)N1CCC(N(Cc2ccsc2)C(=O)CN)CC1. The number of aromatic nitrogens is 1. The lowest BCUT2D eigenvalue weighted by Crippen LogP contribution is -2.50. The van der Waals surface area contributed by atoms with Crippen molar-refractivity contribution in [2.75, 3.05) is 26.2 Å². The van der Waals surface area contributed by atoms with Gasteiger partial charge in [-0.25, -0.2) is 4.98 Å². The molecule has 180 valence electrons. The predicted molar refractivity (Wildman–Crippen MR) is 134 cm³/mol. The molecule has 33 heavy (non-hydrogen) atoms. The number of pyridine rings is 1. The van der Waals surface area contributed by atoms with Gasteiger partial charge in [0.05, 0.1) is 17.8 Å². The van der Waals surface area contributed by atoms with Crippen LogP contribution in [0.4, 0.5) is 0 Å². The second-order valence-corrected chi connectivity index (χ2v) is 9.91. The molecule has 1 aliphatic heterocycles. The Labute approximate surface area is 205 Å². The molecule has 0 unspecified atom stereocenters. The van der Waals surface area contributed by atoms with Crippen LogP contribution < -0.4 is 11.1 Å². The first-order valence-electron chi connectivity index (χ1n) is 11.5. The number of hydrogen-bond donors (Lipinski definition) is 2. The summed E-state index contributed by atoms with van der Waals surface area (Å²) >= 11 is 7.62. The summed E-state index contributed by atoms with van der Waals surface area (Å²) < 4.78 is 0. The molecule has 1 fully saturated rings. The Morgan fingerprint density at radius 2 is 2.09 bits per heavy atom. The van der Waals surface area contributed by atoms with Crippen molar-refractivity contribution in [3.8, 4) is 0 Å². The van der Waals surface area contributed by atoms with Crippen molar-refractivity contribution in [1.82, 2.24) is 20.1 Å². The lowest BCUT2D eigenvalue weighted by molar-refractivity contribution is -0.133. The zero-order valence-electron chi connectivity index (χ0n) is 19.6. The average molecular weight is 492 g/mol. The lowest BCUT2D eigenvalue weighted by Gasteiger charge is -2.40. The van der Waals surface area contributed by atoms with Gasteiger partial charge in [-0.2, -0.15) is 11.3 Å². The fourth-order valence-electron chi connectivity index (χ4n) is 4.55. The number of nitrogens with one attached hydrogen (secondary N) is 1. The van der Waals surface area contributed by atoms with Crippen molar-refractivity contribution >= 4 is 34.8 Å². The van der Waals surface area contributed by atoms with E-state index in [1.54, 1.807) is 24.3 Å². The van der Waals surface area contributed by atoms with E-state index in [4.69, 9.17) is 17.3 Å². The molecule has 2 aromatic heterocycles. The molecule has 1 atom stereocenters. The Balaban J connectivity index is 1.47. The van der Waals surface area contributed by atoms with Gasteiger partial charge in [0.15, 0.2) is 0 Å². The number of nitrogens with two attached hydrogens (primary N) is 1. The molecule has 1 saturated heterocycles. The van der Waals surface area contributed by atoms with Gasteiger partial charge in [0.1, 0.15) is 5.15 Å². The number of carbonyl (C=O) groups excluding carboxylic acids is 2. The average Bonchev–Trinajstić information content (AvgIpc) is 3.29. The number of likely N-dealkylation sites (tertiary alicyclic amines) is 1. The zero-order valence-corrected chi connectivity index (χ0v) is 21.2. The van der Waals surface area contributed by atoms with E-state index in [2.05, 4.69) is 33.6 Å². The third-order valence-electron chi connectivity index (χ3n) is 6.43. The van der Waals surface area contributed by atoms with Gasteiger partial charge in [0.25, 0.3) is 5.91 Å². The van der Waals surface area contributed by atoms with Crippen molar-refractivity contribution in [2.24, 2.45) is 5.73 Å². The topological polar surface area (TPSA) is 91.6 Å². The third-order valence-corrected chi connectivity index (χ3v) is 7.36. The van der Waals surface area contributed by atoms with E-state index in [1.807, 2.05) is 17.2 Å². The number of piperidine rings is 1. The monoisotopic (exact) mass is 491 g/mol. The summed E-state index contributed by atoms with van der Waals surface area (Å²) in [6.45, 7) is 9.00. The van der Waals surface area contributed by atoms with E-state index >= 15 is 0 Å². The van der Waals surface area contributed by atoms with E-state index in [9.17, 15) is 9.59 Å². The van der Waals surface area contributed by atoms with Crippen molar-refractivity contribution < 1.29 is 9.59 Å². The zero-order chi connectivity index (χ0) is 24.0. The summed E-state index contributed by atoms with van der Waals surface area (Å²) in [4.78, 5) is 33.7. The molecular weight excluding hydrogens is 458 g/mol. The molecule has 0 bridgehead atoms. The number of halogens is 1. The summed E-state index contributed by atoms with van der Waals surface area (Å²) in [7, 11) is 0. The van der Waals surface area contributed by atoms with Crippen LogP contribution in [0.25, 0.3) is 0 Å². The summed E-state index contributed by atoms with van der Waals surface area (Å²) in [5, 5.41) is 7.56. The van der Waals surface area contributed by atoms with E-state index in [0.717, 1.165) is 43.5 Å². The van der Waals surface area contributed by atoms with E-state index in [-0.39, 0.29) is 24.4 Å². The molecule has 9 heteroatoms. The molecule has 1 aliphatic rings. The largest absolute Gasteiger partial charge is 0.352 e. The first-order valence-corrected chi connectivity index (χ1v) is 12.8. The van der Waals surface area contributed by atoms with E-state index in [1.165, 1.54) is 0 Å². The smallest absolute Gasteiger partial charge is 0.253 e. The fraction of sp³-hybridized carbons (Fsp3) is 0.542. The quantitative estimate of drug-likeness (QED) is 0.525. The van der Waals surface area contributed by atoms with E-state index < -0.39 is 0 Å². The first-order chi connectivity index (χ1) is 15.8. The van der Waals surface area contributed by atoms with Gasteiger partial charge in [-0.1, -0.05) is 11.6 Å². The molecule has 0 spiro atoms. The fourth-order valence-corrected chi connectivity index (χ4v) is 5.50. The number of nitrogens with zero attached hydrogens (tertiary/aromatic N) is 3. The summed E-state index contributed by atoms with van der Waals surface area (Å²) in [6.07, 6.45) is 2.72. The lowest BCUT2D eigenvalue weighted by atomic mass is 10.00. The van der Waals surface area contributed by atoms with Gasteiger partial charge in [0.2, 0.25) is 5.91 Å². The number of hydrogen-bond acceptors (Lipinski definition) is 6. The minimum Gasteiger partial charge on any atom is -0.352 e. The Hall–Kier alpha value is -2.00. The standard InChI is InChI=1S/C24H34ClN5O2S/c1-16-12-21(25)28-18(3)23(16)24(32)27-8-4-17(2)29-9-5-20(6-10-29)30(22(31)13-26)14-19-7-11-33-15-19/h7,11-12,15,17,20H,4-6,8-10,13-14,26H2,1-3H3,(H,27,32)/t17-/m1/s1. The van der Waals surface area contributed by atoms with Crippen LogP contribution >= 0.6 is 22.9 Å². The molecule has 3 heterocycles. The second kappa shape index (κ2) is 11.9. The van der Waals surface area contributed by atoms with Gasteiger partial charge in [-0.15, -0.1) is 0 Å². The number of aryl methyl sites for hydroxylation is 2. The highest BCUT2D eigenvalue weighted by molar-refractivity contribution is 7.07. The number of carbonyl (C=O) groups is 2. The van der Waals surface area contributed by atoms with Crippen molar-refractivity contribution in [3.05, 3.63) is 50.4 Å². The first kappa shape index (κ1) is 25.6. The van der Waals surface area contributed by atoms with Gasteiger partial charge >= 0.3 is 0 Å². The summed E-state index contributed by atoms with van der Waals surface area (Å²) in [5.74, 6) is -0.0952. The van der Waals surface area contributed by atoms with Crippen molar-refractivity contribution in [3.63, 3.8) is 0 Å². The Kier molecular flexibility index (Phi) is 9.26. The highest BCUT2D eigenvalue weighted by Crippen LogP contribution is 2.22. The van der Waals surface area contributed by atoms with Crippen LogP contribution in [0.2, 0.25) is 5.15 Å². The van der Waals surface area contributed by atoms with Crippen LogP contribution in [0.1, 0.15) is 53.4 Å². The van der Waals surface area contributed by atoms with Crippen molar-refractivity contribution in [1.29, 1.82) is 0 Å². The predicted octanol–water partition coefficient (Wildman–Crippen LogP) is 3.37. The molecule has 2 amide bonds. The maximum Gasteiger partial charge on any atom is 0.253 e. The number of rotatable bonds is 9. The Bertz CT molecular complexity index is 921. The van der Waals surface area contributed by atoms with Crippen LogP contribution in [-0.2, 0) is 11.3 Å². The summed E-state index contributed by atoms with van der Waals surface area (Å²) in [6, 6.07) is 4.34. The Morgan fingerprint density at radius 3 is 2.70 bits per heavy atom. The highest BCUT2D eigenvalue weighted by Gasteiger charge is 2.29. The molecule has 0 aromatic carbocycles. The van der Waals surface area contributed by atoms with Crippen LogP contribution in [0.5, 0.6) is 0 Å². The third kappa shape index (κ3) is 6.76. The van der Waals surface area contributed by atoms with Crippen LogP contribution in [0.15, 0.2) is 22.9 Å². The number of thiophene rings is 1.